The number of rotatable bonds is 7. The van der Waals surface area contributed by atoms with E-state index in [4.69, 9.17) is 9.97 Å². The number of aryl methyl sites for hydroxylation is 1. The monoisotopic (exact) mass is 486 g/mol. The quantitative estimate of drug-likeness (QED) is 0.482. The van der Waals surface area contributed by atoms with Gasteiger partial charge in [0.2, 0.25) is 0 Å². The summed E-state index contributed by atoms with van der Waals surface area (Å²) in [4.78, 5) is 17.8. The predicted octanol–water partition coefficient (Wildman–Crippen LogP) is 4.75. The molecule has 0 N–H and O–H groups in total. The summed E-state index contributed by atoms with van der Waals surface area (Å²) in [7, 11) is 4.57. The van der Waals surface area contributed by atoms with Gasteiger partial charge in [-0.15, -0.1) is 0 Å². The van der Waals surface area contributed by atoms with Gasteiger partial charge >= 0.3 is 0 Å². The Labute approximate surface area is 216 Å². The number of pyridine rings is 1. The molecular weight excluding hydrogens is 444 g/mol. The first kappa shape index (κ1) is 24.1. The highest BCUT2D eigenvalue weighted by Gasteiger charge is 2.29. The van der Waals surface area contributed by atoms with Crippen LogP contribution in [0.25, 0.3) is 11.0 Å². The normalized spacial score (nSPS) is 25.6. The number of likely N-dealkylation sites (N-methyl/N-ethyl adjacent to an activating group) is 1. The molecule has 6 heteroatoms. The molecule has 1 aromatic carbocycles. The van der Waals surface area contributed by atoms with Crippen LogP contribution in [0.15, 0.2) is 42.6 Å². The third-order valence-corrected chi connectivity index (χ3v) is 9.01. The molecule has 4 heterocycles. The predicted molar refractivity (Wildman–Crippen MR) is 146 cm³/mol. The van der Waals surface area contributed by atoms with Crippen LogP contribution in [0.2, 0.25) is 0 Å². The molecule has 6 rings (SSSR count). The maximum Gasteiger partial charge on any atom is 0.124 e. The molecule has 192 valence electrons. The third kappa shape index (κ3) is 4.96. The molecule has 2 aliphatic heterocycles. The number of hydrogen-bond acceptors (Lipinski definition) is 5. The largest absolute Gasteiger partial charge is 0.327 e. The second-order valence-electron chi connectivity index (χ2n) is 11.5. The van der Waals surface area contributed by atoms with Gasteiger partial charge in [-0.1, -0.05) is 18.2 Å². The average Bonchev–Trinajstić information content (AvgIpc) is 3.46. The van der Waals surface area contributed by atoms with Crippen LogP contribution >= 0.6 is 0 Å². The molecule has 3 aliphatic rings. The van der Waals surface area contributed by atoms with Gasteiger partial charge in [0.25, 0.3) is 0 Å². The maximum absolute atomic E-state index is 5.16. The zero-order chi connectivity index (χ0) is 24.5. The smallest absolute Gasteiger partial charge is 0.124 e. The first-order valence-electron chi connectivity index (χ1n) is 14.2. The second kappa shape index (κ2) is 10.6. The van der Waals surface area contributed by atoms with Gasteiger partial charge in [0.1, 0.15) is 5.82 Å². The van der Waals surface area contributed by atoms with Crippen molar-refractivity contribution < 1.29 is 0 Å². The summed E-state index contributed by atoms with van der Waals surface area (Å²) in [6, 6.07) is 14.2. The van der Waals surface area contributed by atoms with E-state index >= 15 is 0 Å². The molecule has 0 radical (unpaired) electrons. The van der Waals surface area contributed by atoms with E-state index in [0.717, 1.165) is 31.1 Å². The molecule has 3 aromatic rings. The van der Waals surface area contributed by atoms with Crippen molar-refractivity contribution in [2.45, 2.75) is 70.1 Å². The number of aromatic nitrogens is 3. The molecule has 0 bridgehead atoms. The Kier molecular flexibility index (Phi) is 7.09. The van der Waals surface area contributed by atoms with E-state index in [2.05, 4.69) is 69.8 Å². The highest BCUT2D eigenvalue weighted by molar-refractivity contribution is 5.75. The van der Waals surface area contributed by atoms with Crippen LogP contribution in [0.4, 0.5) is 0 Å². The molecule has 0 saturated carbocycles. The van der Waals surface area contributed by atoms with Crippen molar-refractivity contribution in [3.8, 4) is 0 Å². The summed E-state index contributed by atoms with van der Waals surface area (Å²) in [5.41, 5.74) is 5.11. The van der Waals surface area contributed by atoms with E-state index in [1.807, 2.05) is 6.20 Å². The minimum Gasteiger partial charge on any atom is -0.327 e. The van der Waals surface area contributed by atoms with Crippen LogP contribution in [0.3, 0.4) is 0 Å². The fourth-order valence-electron chi connectivity index (χ4n) is 7.03. The number of nitrogens with zero attached hydrogens (tertiary/aromatic N) is 6. The Morgan fingerprint density at radius 1 is 0.972 bits per heavy atom. The summed E-state index contributed by atoms with van der Waals surface area (Å²) in [5, 5.41) is 0. The third-order valence-electron chi connectivity index (χ3n) is 9.01. The fourth-order valence-corrected chi connectivity index (χ4v) is 7.03. The molecule has 36 heavy (non-hydrogen) atoms. The molecule has 2 saturated heterocycles. The van der Waals surface area contributed by atoms with Crippen LogP contribution < -0.4 is 0 Å². The van der Waals surface area contributed by atoms with Crippen molar-refractivity contribution in [3.63, 3.8) is 0 Å². The Balaban J connectivity index is 1.20. The van der Waals surface area contributed by atoms with E-state index in [1.165, 1.54) is 87.3 Å². The SMILES string of the molecule is CN1CCC[C@H]1CN1CCC[C@H](Cn2c(CN(C)[C@H]3CCCc4cccnc43)nc3ccccc32)C1. The highest BCUT2D eigenvalue weighted by atomic mass is 15.2. The number of hydrogen-bond donors (Lipinski definition) is 0. The summed E-state index contributed by atoms with van der Waals surface area (Å²) in [6.07, 6.45) is 10.9. The Morgan fingerprint density at radius 3 is 2.75 bits per heavy atom. The number of likely N-dealkylation sites (tertiary alicyclic amines) is 2. The number of para-hydroxylation sites is 2. The summed E-state index contributed by atoms with van der Waals surface area (Å²) < 4.78 is 2.55. The van der Waals surface area contributed by atoms with Gasteiger partial charge in [-0.3, -0.25) is 9.88 Å². The van der Waals surface area contributed by atoms with Crippen molar-refractivity contribution in [3.05, 3.63) is 59.7 Å². The zero-order valence-electron chi connectivity index (χ0n) is 22.1. The molecule has 6 nitrogen and oxygen atoms in total. The van der Waals surface area contributed by atoms with E-state index in [9.17, 15) is 0 Å². The van der Waals surface area contributed by atoms with Crippen LogP contribution in [0, 0.1) is 5.92 Å². The van der Waals surface area contributed by atoms with Gasteiger partial charge < -0.3 is 14.4 Å². The van der Waals surface area contributed by atoms with Gasteiger partial charge in [-0.2, -0.15) is 0 Å². The lowest BCUT2D eigenvalue weighted by Gasteiger charge is -2.36. The lowest BCUT2D eigenvalue weighted by atomic mass is 9.91. The second-order valence-corrected chi connectivity index (χ2v) is 11.5. The number of piperidine rings is 1. The minimum absolute atomic E-state index is 0.372. The summed E-state index contributed by atoms with van der Waals surface area (Å²) in [6.45, 7) is 6.91. The summed E-state index contributed by atoms with van der Waals surface area (Å²) in [5.74, 6) is 1.89. The van der Waals surface area contributed by atoms with Crippen molar-refractivity contribution in [1.29, 1.82) is 0 Å². The van der Waals surface area contributed by atoms with Crippen LogP contribution in [-0.2, 0) is 19.5 Å². The van der Waals surface area contributed by atoms with Gasteiger partial charge in [-0.05, 0) is 102 Å². The van der Waals surface area contributed by atoms with Crippen molar-refractivity contribution in [2.75, 3.05) is 40.3 Å². The Morgan fingerprint density at radius 2 is 1.86 bits per heavy atom. The van der Waals surface area contributed by atoms with Gasteiger partial charge in [0, 0.05) is 31.9 Å². The number of fused-ring (bicyclic) bond motifs is 2. The van der Waals surface area contributed by atoms with E-state index in [1.54, 1.807) is 0 Å². The molecule has 3 atom stereocenters. The highest BCUT2D eigenvalue weighted by Crippen LogP contribution is 2.33. The summed E-state index contributed by atoms with van der Waals surface area (Å²) >= 11 is 0. The Bertz CT molecular complexity index is 1170. The van der Waals surface area contributed by atoms with Crippen molar-refractivity contribution >= 4 is 11.0 Å². The van der Waals surface area contributed by atoms with Gasteiger partial charge in [0.05, 0.1) is 29.3 Å². The maximum atomic E-state index is 5.16. The Hall–Kier alpha value is -2.28. The van der Waals surface area contributed by atoms with Crippen LogP contribution in [0.5, 0.6) is 0 Å². The van der Waals surface area contributed by atoms with E-state index < -0.39 is 0 Å². The first-order chi connectivity index (χ1) is 17.7. The van der Waals surface area contributed by atoms with Gasteiger partial charge in [0.15, 0.2) is 0 Å². The average molecular weight is 487 g/mol. The molecule has 2 fully saturated rings. The first-order valence-corrected chi connectivity index (χ1v) is 14.2. The number of imidazole rings is 1. The minimum atomic E-state index is 0.372. The molecule has 0 unspecified atom stereocenters. The fraction of sp³-hybridized carbons (Fsp3) is 0.600. The molecule has 1 aliphatic carbocycles. The number of benzene rings is 1. The topological polar surface area (TPSA) is 40.4 Å². The standard InChI is InChI=1S/C30H42N6/c1-33-17-8-12-25(33)21-35-18-7-9-23(19-35)20-36-27-14-4-3-13-26(27)32-29(36)22-34(2)28-15-5-10-24-11-6-16-31-30(24)28/h3-4,6,11,13-14,16,23,25,28H,5,7-10,12,15,17-22H2,1-2H3/t23-,25-,28-/m0/s1. The lowest BCUT2D eigenvalue weighted by molar-refractivity contribution is 0.127. The van der Waals surface area contributed by atoms with Crippen molar-refractivity contribution in [2.24, 2.45) is 5.92 Å². The zero-order valence-corrected chi connectivity index (χ0v) is 22.1. The van der Waals surface area contributed by atoms with Crippen LogP contribution in [-0.4, -0.2) is 75.6 Å². The molecule has 2 aromatic heterocycles. The van der Waals surface area contributed by atoms with Gasteiger partial charge in [-0.25, -0.2) is 4.98 Å². The van der Waals surface area contributed by atoms with E-state index in [-0.39, 0.29) is 0 Å². The molecular formula is C30H42N6. The molecule has 0 amide bonds. The molecule has 0 spiro atoms. The van der Waals surface area contributed by atoms with Crippen LogP contribution in [0.1, 0.15) is 61.6 Å². The van der Waals surface area contributed by atoms with E-state index in [0.29, 0.717) is 12.0 Å². The lowest BCUT2D eigenvalue weighted by Crippen LogP contribution is -2.44. The van der Waals surface area contributed by atoms with Crippen molar-refractivity contribution in [1.82, 2.24) is 29.2 Å².